The van der Waals surface area contributed by atoms with Gasteiger partial charge < -0.3 is 5.73 Å². The third-order valence-electron chi connectivity index (χ3n) is 4.08. The highest BCUT2D eigenvalue weighted by molar-refractivity contribution is 9.10. The summed E-state index contributed by atoms with van der Waals surface area (Å²) in [6, 6.07) is 7.69. The second kappa shape index (κ2) is 6.58. The summed E-state index contributed by atoms with van der Waals surface area (Å²) in [5, 5.41) is 3.15. The van der Waals surface area contributed by atoms with Crippen molar-refractivity contribution < 1.29 is 0 Å². The van der Waals surface area contributed by atoms with Gasteiger partial charge in [0.05, 0.1) is 12.2 Å². The standard InChI is InChI=1S/C17H16BrN5S/c18-15-10-24-16(22-15)9-23-6-5-12-7-20-17(21-14(12)8-23)11-1-3-13(19)4-2-11/h1-4,7,10H,5-6,8-9,19H2. The minimum absolute atomic E-state index is 0.748. The Bertz CT molecular complexity index is 862. The molecule has 5 nitrogen and oxygen atoms in total. The lowest BCUT2D eigenvalue weighted by Crippen LogP contribution is -2.31. The van der Waals surface area contributed by atoms with Crippen molar-refractivity contribution in [2.75, 3.05) is 12.3 Å². The first-order valence-electron chi connectivity index (χ1n) is 7.70. The van der Waals surface area contributed by atoms with E-state index in [1.807, 2.05) is 35.8 Å². The average Bonchev–Trinajstić information content (AvgIpc) is 3.00. The van der Waals surface area contributed by atoms with Gasteiger partial charge in [0.2, 0.25) is 0 Å². The van der Waals surface area contributed by atoms with Gasteiger partial charge in [-0.15, -0.1) is 11.3 Å². The van der Waals surface area contributed by atoms with E-state index >= 15 is 0 Å². The van der Waals surface area contributed by atoms with Crippen LogP contribution in [0.1, 0.15) is 16.3 Å². The van der Waals surface area contributed by atoms with Crippen molar-refractivity contribution in [1.82, 2.24) is 19.9 Å². The number of aromatic nitrogens is 3. The molecule has 2 aromatic heterocycles. The van der Waals surface area contributed by atoms with E-state index in [0.717, 1.165) is 58.4 Å². The van der Waals surface area contributed by atoms with Gasteiger partial charge in [-0.2, -0.15) is 0 Å². The first-order chi connectivity index (χ1) is 11.7. The van der Waals surface area contributed by atoms with E-state index in [9.17, 15) is 0 Å². The Kier molecular flexibility index (Phi) is 4.30. The molecule has 0 bridgehead atoms. The highest BCUT2D eigenvalue weighted by Gasteiger charge is 2.20. The van der Waals surface area contributed by atoms with Crippen molar-refractivity contribution in [3.8, 4) is 11.4 Å². The van der Waals surface area contributed by atoms with Crippen LogP contribution in [0.25, 0.3) is 11.4 Å². The summed E-state index contributed by atoms with van der Waals surface area (Å²) in [5.74, 6) is 0.757. The second-order valence-corrected chi connectivity index (χ2v) is 7.57. The summed E-state index contributed by atoms with van der Waals surface area (Å²) in [5.41, 5.74) is 9.85. The molecule has 2 N–H and O–H groups in total. The van der Waals surface area contributed by atoms with E-state index in [-0.39, 0.29) is 0 Å². The third-order valence-corrected chi connectivity index (χ3v) is 5.62. The molecule has 0 radical (unpaired) electrons. The van der Waals surface area contributed by atoms with Gasteiger partial charge >= 0.3 is 0 Å². The Balaban J connectivity index is 1.55. The van der Waals surface area contributed by atoms with Gasteiger partial charge in [-0.05, 0) is 52.2 Å². The Morgan fingerprint density at radius 1 is 1.21 bits per heavy atom. The van der Waals surface area contributed by atoms with Crippen LogP contribution in [0.3, 0.4) is 0 Å². The lowest BCUT2D eigenvalue weighted by Gasteiger charge is -2.27. The molecule has 122 valence electrons. The maximum absolute atomic E-state index is 5.75. The molecule has 1 aliphatic rings. The molecule has 0 unspecified atom stereocenters. The molecule has 24 heavy (non-hydrogen) atoms. The minimum Gasteiger partial charge on any atom is -0.399 e. The predicted octanol–water partition coefficient (Wildman–Crippen LogP) is 3.50. The van der Waals surface area contributed by atoms with Crippen LogP contribution >= 0.6 is 27.3 Å². The molecule has 1 aromatic carbocycles. The summed E-state index contributed by atoms with van der Waals surface area (Å²) in [7, 11) is 0. The van der Waals surface area contributed by atoms with Crippen LogP contribution in [0, 0.1) is 0 Å². The Morgan fingerprint density at radius 2 is 2.04 bits per heavy atom. The molecule has 1 aliphatic heterocycles. The van der Waals surface area contributed by atoms with Crippen LogP contribution < -0.4 is 5.73 Å². The molecule has 7 heteroatoms. The van der Waals surface area contributed by atoms with Gasteiger partial charge in [-0.3, -0.25) is 4.90 Å². The predicted molar refractivity (Wildman–Crippen MR) is 99.5 cm³/mol. The molecule has 0 spiro atoms. The van der Waals surface area contributed by atoms with Gasteiger partial charge in [0.15, 0.2) is 5.82 Å². The molecule has 0 amide bonds. The van der Waals surface area contributed by atoms with E-state index in [0.29, 0.717) is 0 Å². The first-order valence-corrected chi connectivity index (χ1v) is 9.37. The highest BCUT2D eigenvalue weighted by Crippen LogP contribution is 2.24. The number of halogens is 1. The Morgan fingerprint density at radius 3 is 2.79 bits per heavy atom. The monoisotopic (exact) mass is 401 g/mol. The van der Waals surface area contributed by atoms with Crippen LogP contribution in [0.5, 0.6) is 0 Å². The fraction of sp³-hybridized carbons (Fsp3) is 0.235. The van der Waals surface area contributed by atoms with E-state index in [1.54, 1.807) is 11.3 Å². The summed E-state index contributed by atoms with van der Waals surface area (Å²) in [6.07, 6.45) is 2.94. The topological polar surface area (TPSA) is 67.9 Å². The van der Waals surface area contributed by atoms with Gasteiger partial charge in [-0.25, -0.2) is 15.0 Å². The molecule has 3 heterocycles. The van der Waals surface area contributed by atoms with Crippen molar-refractivity contribution >= 4 is 33.0 Å². The maximum atomic E-state index is 5.75. The highest BCUT2D eigenvalue weighted by atomic mass is 79.9. The lowest BCUT2D eigenvalue weighted by atomic mass is 10.1. The van der Waals surface area contributed by atoms with Crippen LogP contribution in [-0.2, 0) is 19.5 Å². The molecule has 0 saturated heterocycles. The largest absolute Gasteiger partial charge is 0.399 e. The number of nitrogen functional groups attached to an aromatic ring is 1. The zero-order valence-corrected chi connectivity index (χ0v) is 15.3. The average molecular weight is 402 g/mol. The van der Waals surface area contributed by atoms with E-state index < -0.39 is 0 Å². The Hall–Kier alpha value is -1.83. The van der Waals surface area contributed by atoms with Gasteiger partial charge in [-0.1, -0.05) is 0 Å². The van der Waals surface area contributed by atoms with Crippen molar-refractivity contribution in [1.29, 1.82) is 0 Å². The zero-order chi connectivity index (χ0) is 16.5. The summed E-state index contributed by atoms with van der Waals surface area (Å²) in [6.45, 7) is 2.70. The van der Waals surface area contributed by atoms with Gasteiger partial charge in [0.1, 0.15) is 9.61 Å². The summed E-state index contributed by atoms with van der Waals surface area (Å²) < 4.78 is 0.910. The number of thiazole rings is 1. The van der Waals surface area contributed by atoms with Gasteiger partial charge in [0, 0.05) is 35.9 Å². The number of hydrogen-bond acceptors (Lipinski definition) is 6. The lowest BCUT2D eigenvalue weighted by molar-refractivity contribution is 0.241. The van der Waals surface area contributed by atoms with Crippen LogP contribution in [0.4, 0.5) is 5.69 Å². The minimum atomic E-state index is 0.748. The molecule has 0 fully saturated rings. The first kappa shape index (κ1) is 15.7. The van der Waals surface area contributed by atoms with Crippen molar-refractivity contribution in [3.63, 3.8) is 0 Å². The van der Waals surface area contributed by atoms with Gasteiger partial charge in [0.25, 0.3) is 0 Å². The van der Waals surface area contributed by atoms with E-state index in [4.69, 9.17) is 10.7 Å². The molecule has 4 rings (SSSR count). The molecule has 0 atom stereocenters. The molecular formula is C17H16BrN5S. The summed E-state index contributed by atoms with van der Waals surface area (Å²) in [4.78, 5) is 16.2. The molecule has 0 saturated carbocycles. The third kappa shape index (κ3) is 3.33. The smallest absolute Gasteiger partial charge is 0.159 e. The SMILES string of the molecule is Nc1ccc(-c2ncc3c(n2)CN(Cc2nc(Br)cs2)CC3)cc1. The van der Waals surface area contributed by atoms with Crippen molar-refractivity contribution in [2.24, 2.45) is 0 Å². The number of hydrogen-bond donors (Lipinski definition) is 1. The van der Waals surface area contributed by atoms with Crippen molar-refractivity contribution in [3.05, 3.63) is 56.7 Å². The number of fused-ring (bicyclic) bond motifs is 1. The number of rotatable bonds is 3. The summed E-state index contributed by atoms with van der Waals surface area (Å²) >= 11 is 5.10. The molecule has 3 aromatic rings. The normalized spacial score (nSPS) is 14.5. The van der Waals surface area contributed by atoms with Crippen LogP contribution in [0.2, 0.25) is 0 Å². The molecular weight excluding hydrogens is 386 g/mol. The number of benzene rings is 1. The number of nitrogens with zero attached hydrogens (tertiary/aromatic N) is 4. The van der Waals surface area contributed by atoms with Crippen LogP contribution in [-0.4, -0.2) is 26.4 Å². The Labute approximate surface area is 152 Å². The zero-order valence-electron chi connectivity index (χ0n) is 12.9. The fourth-order valence-corrected chi connectivity index (χ4v) is 4.12. The van der Waals surface area contributed by atoms with E-state index in [1.165, 1.54) is 5.56 Å². The number of nitrogens with two attached hydrogens (primary N) is 1. The number of anilines is 1. The van der Waals surface area contributed by atoms with Crippen LogP contribution in [0.15, 0.2) is 40.4 Å². The quantitative estimate of drug-likeness (QED) is 0.680. The van der Waals surface area contributed by atoms with Crippen molar-refractivity contribution in [2.45, 2.75) is 19.5 Å². The maximum Gasteiger partial charge on any atom is 0.159 e. The fourth-order valence-electron chi connectivity index (χ4n) is 2.82. The molecule has 0 aliphatic carbocycles. The second-order valence-electron chi connectivity index (χ2n) is 5.81. The van der Waals surface area contributed by atoms with E-state index in [2.05, 4.69) is 30.8 Å².